The Balaban J connectivity index is 2.13. The largest absolute Gasteiger partial charge is 0.419 e. The molecule has 2 rings (SSSR count). The zero-order valence-corrected chi connectivity index (χ0v) is 14.2. The van der Waals surface area contributed by atoms with Crippen molar-refractivity contribution >= 4 is 5.91 Å². The van der Waals surface area contributed by atoms with Gasteiger partial charge in [0.15, 0.2) is 0 Å². The molecule has 1 heterocycles. The molecule has 23 heavy (non-hydrogen) atoms. The number of carbonyl (C=O) groups is 1. The van der Waals surface area contributed by atoms with E-state index in [4.69, 9.17) is 4.42 Å². The topological polar surface area (TPSA) is 71.3 Å². The average molecular weight is 316 g/mol. The lowest BCUT2D eigenvalue weighted by Gasteiger charge is -2.24. The van der Waals surface area contributed by atoms with Crippen LogP contribution in [-0.4, -0.2) is 40.6 Å². The number of hydrogen-bond donors (Lipinski definition) is 1. The molecule has 1 amide bonds. The van der Waals surface area contributed by atoms with E-state index in [1.54, 1.807) is 0 Å². The Bertz CT molecular complexity index is 654. The van der Waals surface area contributed by atoms with Crippen molar-refractivity contribution in [2.24, 2.45) is 0 Å². The third kappa shape index (κ3) is 4.39. The van der Waals surface area contributed by atoms with Gasteiger partial charge < -0.3 is 9.73 Å². The summed E-state index contributed by atoms with van der Waals surface area (Å²) >= 11 is 0. The Kier molecular flexibility index (Phi) is 5.87. The molecule has 1 aromatic heterocycles. The summed E-state index contributed by atoms with van der Waals surface area (Å²) in [6.07, 6.45) is 0. The van der Waals surface area contributed by atoms with Crippen molar-refractivity contribution in [2.45, 2.75) is 33.7 Å². The highest BCUT2D eigenvalue weighted by molar-refractivity contribution is 5.77. The molecule has 0 saturated carbocycles. The lowest BCUT2D eigenvalue weighted by atomic mass is 10.1. The fourth-order valence-electron chi connectivity index (χ4n) is 2.41. The van der Waals surface area contributed by atoms with Gasteiger partial charge in [0.25, 0.3) is 0 Å². The number of aryl methyl sites for hydroxylation is 1. The van der Waals surface area contributed by atoms with Crippen molar-refractivity contribution in [2.75, 3.05) is 19.6 Å². The van der Waals surface area contributed by atoms with Crippen LogP contribution in [0.3, 0.4) is 0 Å². The molecule has 2 aromatic rings. The van der Waals surface area contributed by atoms with Crippen LogP contribution >= 0.6 is 0 Å². The monoisotopic (exact) mass is 316 g/mol. The molecule has 0 unspecified atom stereocenters. The quantitative estimate of drug-likeness (QED) is 0.850. The molecular weight excluding hydrogens is 292 g/mol. The van der Waals surface area contributed by atoms with Crippen molar-refractivity contribution in [3.63, 3.8) is 0 Å². The molecule has 0 aliphatic rings. The van der Waals surface area contributed by atoms with Crippen LogP contribution < -0.4 is 5.32 Å². The molecule has 0 aliphatic carbocycles. The van der Waals surface area contributed by atoms with E-state index in [1.165, 1.54) is 0 Å². The number of carbonyl (C=O) groups excluding carboxylic acids is 1. The van der Waals surface area contributed by atoms with Crippen molar-refractivity contribution in [3.05, 3.63) is 35.7 Å². The van der Waals surface area contributed by atoms with Crippen LogP contribution in [0.4, 0.5) is 0 Å². The van der Waals surface area contributed by atoms with E-state index in [2.05, 4.69) is 15.5 Å². The van der Waals surface area contributed by atoms with Crippen molar-refractivity contribution in [1.82, 2.24) is 20.4 Å². The number of rotatable bonds is 7. The van der Waals surface area contributed by atoms with Gasteiger partial charge in [-0.1, -0.05) is 24.6 Å². The van der Waals surface area contributed by atoms with Crippen LogP contribution in [0.2, 0.25) is 0 Å². The van der Waals surface area contributed by atoms with E-state index in [0.29, 0.717) is 24.9 Å². The van der Waals surface area contributed by atoms with E-state index < -0.39 is 0 Å². The van der Waals surface area contributed by atoms with Crippen LogP contribution in [0, 0.1) is 6.92 Å². The second-order valence-electron chi connectivity index (χ2n) is 5.51. The minimum absolute atomic E-state index is 0.000349. The maximum atomic E-state index is 11.8. The third-order valence-corrected chi connectivity index (χ3v) is 3.74. The Hall–Kier alpha value is -2.21. The summed E-state index contributed by atoms with van der Waals surface area (Å²) in [5.74, 6) is 1.02. The minimum Gasteiger partial charge on any atom is -0.419 e. The predicted molar refractivity (Wildman–Crippen MR) is 88.8 cm³/mol. The Labute approximate surface area is 136 Å². The fourth-order valence-corrected chi connectivity index (χ4v) is 2.41. The average Bonchev–Trinajstić information content (AvgIpc) is 3.02. The van der Waals surface area contributed by atoms with Gasteiger partial charge in [0, 0.05) is 12.1 Å². The maximum Gasteiger partial charge on any atom is 0.247 e. The van der Waals surface area contributed by atoms with Crippen LogP contribution in [0.15, 0.2) is 28.7 Å². The number of aromatic nitrogens is 2. The Morgan fingerprint density at radius 1 is 1.35 bits per heavy atom. The SMILES string of the molecule is CCNC(=O)CN(CC)[C@@H](C)c1nnc(-c2cccc(C)c2)o1. The van der Waals surface area contributed by atoms with Crippen LogP contribution in [0.1, 0.15) is 38.3 Å². The molecule has 0 spiro atoms. The van der Waals surface area contributed by atoms with E-state index in [1.807, 2.05) is 56.9 Å². The second kappa shape index (κ2) is 7.87. The standard InChI is InChI=1S/C17H24N4O2/c1-5-18-15(22)11-21(6-2)13(4)16-19-20-17(23-16)14-9-7-8-12(3)10-14/h7-10,13H,5-6,11H2,1-4H3,(H,18,22)/t13-/m0/s1. The molecule has 1 aromatic carbocycles. The summed E-state index contributed by atoms with van der Waals surface area (Å²) in [7, 11) is 0. The number of benzene rings is 1. The first-order valence-electron chi connectivity index (χ1n) is 7.96. The highest BCUT2D eigenvalue weighted by Crippen LogP contribution is 2.24. The lowest BCUT2D eigenvalue weighted by molar-refractivity contribution is -0.122. The normalized spacial score (nSPS) is 12.4. The zero-order chi connectivity index (χ0) is 16.8. The molecule has 1 atom stereocenters. The van der Waals surface area contributed by atoms with Gasteiger partial charge in [-0.15, -0.1) is 10.2 Å². The van der Waals surface area contributed by atoms with Gasteiger partial charge in [-0.05, 0) is 39.4 Å². The molecule has 0 radical (unpaired) electrons. The molecule has 6 heteroatoms. The number of amides is 1. The van der Waals surface area contributed by atoms with Gasteiger partial charge >= 0.3 is 0 Å². The number of nitrogens with zero attached hydrogens (tertiary/aromatic N) is 3. The summed E-state index contributed by atoms with van der Waals surface area (Å²) in [6.45, 7) is 9.57. The van der Waals surface area contributed by atoms with Gasteiger partial charge in [0.1, 0.15) is 0 Å². The Morgan fingerprint density at radius 3 is 2.78 bits per heavy atom. The predicted octanol–water partition coefficient (Wildman–Crippen LogP) is 2.56. The third-order valence-electron chi connectivity index (χ3n) is 3.74. The summed E-state index contributed by atoms with van der Waals surface area (Å²) in [6, 6.07) is 7.82. The summed E-state index contributed by atoms with van der Waals surface area (Å²) in [4.78, 5) is 13.8. The molecule has 0 aliphatic heterocycles. The summed E-state index contributed by atoms with van der Waals surface area (Å²) < 4.78 is 5.82. The second-order valence-corrected chi connectivity index (χ2v) is 5.51. The van der Waals surface area contributed by atoms with Crippen LogP contribution in [0.5, 0.6) is 0 Å². The molecule has 6 nitrogen and oxygen atoms in total. The maximum absolute atomic E-state index is 11.8. The highest BCUT2D eigenvalue weighted by atomic mass is 16.4. The van der Waals surface area contributed by atoms with Crippen molar-refractivity contribution in [3.8, 4) is 11.5 Å². The summed E-state index contributed by atoms with van der Waals surface area (Å²) in [5.41, 5.74) is 2.05. The van der Waals surface area contributed by atoms with E-state index in [9.17, 15) is 4.79 Å². The van der Waals surface area contributed by atoms with Crippen molar-refractivity contribution in [1.29, 1.82) is 0 Å². The number of likely N-dealkylation sites (N-methyl/N-ethyl adjacent to an activating group) is 2. The van der Waals surface area contributed by atoms with Gasteiger partial charge in [-0.2, -0.15) is 0 Å². The van der Waals surface area contributed by atoms with Gasteiger partial charge in [0.2, 0.25) is 17.7 Å². The minimum atomic E-state index is -0.117. The summed E-state index contributed by atoms with van der Waals surface area (Å²) in [5, 5.41) is 11.1. The van der Waals surface area contributed by atoms with Gasteiger partial charge in [-0.3, -0.25) is 9.69 Å². The molecule has 0 saturated heterocycles. The van der Waals surface area contributed by atoms with E-state index >= 15 is 0 Å². The first-order valence-corrected chi connectivity index (χ1v) is 7.96. The van der Waals surface area contributed by atoms with E-state index in [0.717, 1.165) is 17.7 Å². The van der Waals surface area contributed by atoms with Gasteiger partial charge in [-0.25, -0.2) is 0 Å². The molecular formula is C17H24N4O2. The van der Waals surface area contributed by atoms with Crippen molar-refractivity contribution < 1.29 is 9.21 Å². The molecule has 0 fully saturated rings. The molecule has 124 valence electrons. The smallest absolute Gasteiger partial charge is 0.247 e. The Morgan fingerprint density at radius 2 is 2.13 bits per heavy atom. The number of hydrogen-bond acceptors (Lipinski definition) is 5. The van der Waals surface area contributed by atoms with Crippen LogP contribution in [0.25, 0.3) is 11.5 Å². The van der Waals surface area contributed by atoms with E-state index in [-0.39, 0.29) is 11.9 Å². The fraction of sp³-hybridized carbons (Fsp3) is 0.471. The number of nitrogens with one attached hydrogen (secondary N) is 1. The van der Waals surface area contributed by atoms with Gasteiger partial charge in [0.05, 0.1) is 12.6 Å². The first-order chi connectivity index (χ1) is 11.0. The first kappa shape index (κ1) is 17.1. The molecule has 1 N–H and O–H groups in total. The molecule has 0 bridgehead atoms. The zero-order valence-electron chi connectivity index (χ0n) is 14.2. The lowest BCUT2D eigenvalue weighted by Crippen LogP contribution is -2.38. The van der Waals surface area contributed by atoms with Crippen LogP contribution in [-0.2, 0) is 4.79 Å². The highest BCUT2D eigenvalue weighted by Gasteiger charge is 2.22.